The fourth-order valence-corrected chi connectivity index (χ4v) is 4.96. The lowest BCUT2D eigenvalue weighted by Gasteiger charge is -2.31. The first-order valence-electron chi connectivity index (χ1n) is 13.9. The maximum absolute atomic E-state index is 13.7. The first kappa shape index (κ1) is 31.2. The van der Waals surface area contributed by atoms with Crippen LogP contribution in [0.3, 0.4) is 0 Å². The molecule has 0 spiro atoms. The highest BCUT2D eigenvalue weighted by Gasteiger charge is 2.41. The molecule has 1 aliphatic rings. The third-order valence-electron chi connectivity index (χ3n) is 7.02. The fourth-order valence-electron chi connectivity index (χ4n) is 4.96. The van der Waals surface area contributed by atoms with E-state index in [0.29, 0.717) is 18.4 Å². The van der Waals surface area contributed by atoms with Crippen molar-refractivity contribution in [3.8, 4) is 22.9 Å². The van der Waals surface area contributed by atoms with Crippen LogP contribution < -0.4 is 21.3 Å². The summed E-state index contributed by atoms with van der Waals surface area (Å²) in [6.07, 6.45) is -3.45. The van der Waals surface area contributed by atoms with E-state index in [0.717, 1.165) is 18.5 Å². The maximum Gasteiger partial charge on any atom is 0.416 e. The Kier molecular flexibility index (Phi) is 8.12. The largest absolute Gasteiger partial charge is 0.444 e. The zero-order chi connectivity index (χ0) is 32.7. The number of benzene rings is 2. The van der Waals surface area contributed by atoms with E-state index in [9.17, 15) is 27.6 Å². The lowest BCUT2D eigenvalue weighted by atomic mass is 10.0. The Morgan fingerprint density at radius 3 is 2.56 bits per heavy atom. The molecule has 4 N–H and O–H groups in total. The van der Waals surface area contributed by atoms with E-state index in [2.05, 4.69) is 25.3 Å². The molecule has 236 valence electrons. The Morgan fingerprint density at radius 2 is 1.84 bits per heavy atom. The van der Waals surface area contributed by atoms with E-state index in [1.54, 1.807) is 45.9 Å². The van der Waals surface area contributed by atoms with Crippen LogP contribution in [0.15, 0.2) is 53.6 Å². The summed E-state index contributed by atoms with van der Waals surface area (Å²) >= 11 is 0. The van der Waals surface area contributed by atoms with Gasteiger partial charge in [0.25, 0.3) is 5.56 Å². The number of rotatable bonds is 5. The summed E-state index contributed by atoms with van der Waals surface area (Å²) in [4.78, 5) is 54.6. The number of aromatic nitrogens is 4. The number of anilines is 2. The molecule has 2 aromatic carbocycles. The van der Waals surface area contributed by atoms with Gasteiger partial charge in [0.15, 0.2) is 11.6 Å². The van der Waals surface area contributed by atoms with Crippen molar-refractivity contribution in [3.63, 3.8) is 0 Å². The van der Waals surface area contributed by atoms with E-state index < -0.39 is 40.9 Å². The Hall–Kier alpha value is -5.21. The highest BCUT2D eigenvalue weighted by atomic mass is 19.4. The Bertz CT molecular complexity index is 1840. The van der Waals surface area contributed by atoms with Crippen molar-refractivity contribution < 1.29 is 32.2 Å². The summed E-state index contributed by atoms with van der Waals surface area (Å²) in [5.41, 5.74) is 4.00. The molecule has 0 radical (unpaired) electrons. The monoisotopic (exact) mass is 625 g/mol. The zero-order valence-electron chi connectivity index (χ0n) is 24.7. The van der Waals surface area contributed by atoms with Crippen molar-refractivity contribution in [2.45, 2.75) is 64.4 Å². The number of fused-ring (bicyclic) bond motifs is 1. The first-order chi connectivity index (χ1) is 21.1. The number of ether oxygens (including phenoxy) is 2. The predicted octanol–water partition coefficient (Wildman–Crippen LogP) is 5.50. The molecule has 12 nitrogen and oxygen atoms in total. The van der Waals surface area contributed by atoms with Crippen molar-refractivity contribution in [2.24, 2.45) is 0 Å². The van der Waals surface area contributed by atoms with E-state index in [4.69, 9.17) is 15.2 Å². The SMILES string of the molecule is CC1CCC(C(=O)Nc2cc(C(F)(F)F)ccc2-c2cc(Oc3cccc4[nH]c(=O)c(N)nc34)ncn2)N1C(=O)OC(C)(C)C. The van der Waals surface area contributed by atoms with Gasteiger partial charge in [-0.1, -0.05) is 12.1 Å². The number of carbonyl (C=O) groups excluding carboxylic acids is 2. The average molecular weight is 626 g/mol. The van der Waals surface area contributed by atoms with Gasteiger partial charge in [-0.2, -0.15) is 13.2 Å². The van der Waals surface area contributed by atoms with Gasteiger partial charge in [0.1, 0.15) is 23.5 Å². The molecule has 0 saturated carbocycles. The van der Waals surface area contributed by atoms with Gasteiger partial charge in [0.05, 0.1) is 22.5 Å². The number of likely N-dealkylation sites (tertiary alicyclic amines) is 1. The molecular formula is C30H30F3N7O5. The number of halogens is 3. The second-order valence-corrected chi connectivity index (χ2v) is 11.5. The Labute approximate surface area is 254 Å². The number of hydrogen-bond donors (Lipinski definition) is 3. The quantitative estimate of drug-likeness (QED) is 0.260. The summed E-state index contributed by atoms with van der Waals surface area (Å²) < 4.78 is 52.6. The smallest absolute Gasteiger partial charge is 0.416 e. The van der Waals surface area contributed by atoms with Crippen LogP contribution in [0, 0.1) is 0 Å². The molecule has 2 aromatic heterocycles. The standard InChI is InChI=1S/C30H30F3N7O5/c1-15-8-11-21(40(15)28(43)45-29(2,3)4)26(41)38-20-12-16(30(31,32)33)9-10-17(20)19-13-23(36-14-35-19)44-22-7-5-6-18-24(22)39-25(34)27(42)37-18/h5-7,9-10,12-15,21H,8,11H2,1-4H3,(H2,34,39)(H,37,42)(H,38,41). The molecule has 2 unspecified atom stereocenters. The summed E-state index contributed by atoms with van der Waals surface area (Å²) in [6, 6.07) is 7.71. The molecule has 4 aromatic rings. The number of para-hydroxylation sites is 1. The second-order valence-electron chi connectivity index (χ2n) is 11.5. The minimum Gasteiger partial charge on any atom is -0.444 e. The van der Waals surface area contributed by atoms with Crippen LogP contribution in [0.4, 0.5) is 29.5 Å². The molecule has 3 heterocycles. The topological polar surface area (TPSA) is 165 Å². The molecule has 0 aliphatic carbocycles. The number of nitrogens with zero attached hydrogens (tertiary/aromatic N) is 4. The van der Waals surface area contributed by atoms with Gasteiger partial charge < -0.3 is 25.5 Å². The van der Waals surface area contributed by atoms with Gasteiger partial charge in [-0.3, -0.25) is 14.5 Å². The van der Waals surface area contributed by atoms with Crippen molar-refractivity contribution in [1.29, 1.82) is 0 Å². The molecule has 5 rings (SSSR count). The summed E-state index contributed by atoms with van der Waals surface area (Å²) in [5.74, 6) is -0.755. The van der Waals surface area contributed by atoms with Crippen LogP contribution >= 0.6 is 0 Å². The Balaban J connectivity index is 1.48. The van der Waals surface area contributed by atoms with E-state index in [1.807, 2.05) is 0 Å². The minimum atomic E-state index is -4.70. The molecule has 45 heavy (non-hydrogen) atoms. The number of nitrogen functional groups attached to an aromatic ring is 1. The zero-order valence-corrected chi connectivity index (χ0v) is 24.7. The number of amides is 2. The average Bonchev–Trinajstić information content (AvgIpc) is 3.34. The van der Waals surface area contributed by atoms with Crippen molar-refractivity contribution >= 4 is 34.5 Å². The highest BCUT2D eigenvalue weighted by Crippen LogP contribution is 2.37. The molecular weight excluding hydrogens is 595 g/mol. The molecule has 1 fully saturated rings. The summed E-state index contributed by atoms with van der Waals surface area (Å²) in [6.45, 7) is 6.86. The summed E-state index contributed by atoms with van der Waals surface area (Å²) in [5, 5.41) is 2.59. The third-order valence-corrected chi connectivity index (χ3v) is 7.02. The van der Waals surface area contributed by atoms with E-state index in [1.165, 1.54) is 17.0 Å². The van der Waals surface area contributed by atoms with Crippen LogP contribution in [0.2, 0.25) is 0 Å². The van der Waals surface area contributed by atoms with Gasteiger partial charge >= 0.3 is 12.3 Å². The summed E-state index contributed by atoms with van der Waals surface area (Å²) in [7, 11) is 0. The predicted molar refractivity (Wildman–Crippen MR) is 159 cm³/mol. The number of hydrogen-bond acceptors (Lipinski definition) is 9. The highest BCUT2D eigenvalue weighted by molar-refractivity contribution is 6.00. The van der Waals surface area contributed by atoms with Crippen LogP contribution in [0.1, 0.15) is 46.1 Å². The van der Waals surface area contributed by atoms with Gasteiger partial charge in [-0.25, -0.2) is 19.7 Å². The molecule has 1 saturated heterocycles. The molecule has 2 atom stereocenters. The van der Waals surface area contributed by atoms with E-state index in [-0.39, 0.29) is 46.0 Å². The van der Waals surface area contributed by atoms with Crippen molar-refractivity contribution in [1.82, 2.24) is 24.8 Å². The number of H-pyrrole nitrogens is 1. The van der Waals surface area contributed by atoms with E-state index >= 15 is 0 Å². The van der Waals surface area contributed by atoms with Crippen LogP contribution in [0.25, 0.3) is 22.3 Å². The van der Waals surface area contributed by atoms with Gasteiger partial charge in [0, 0.05) is 17.7 Å². The number of alkyl halides is 3. The van der Waals surface area contributed by atoms with Gasteiger partial charge in [-0.05, 0) is 64.8 Å². The molecule has 2 amide bonds. The van der Waals surface area contributed by atoms with Crippen molar-refractivity contribution in [2.75, 3.05) is 11.1 Å². The second kappa shape index (κ2) is 11.7. The first-order valence-corrected chi connectivity index (χ1v) is 13.9. The van der Waals surface area contributed by atoms with Gasteiger partial charge in [-0.15, -0.1) is 0 Å². The number of nitrogens with two attached hydrogens (primary N) is 1. The van der Waals surface area contributed by atoms with Crippen molar-refractivity contribution in [3.05, 3.63) is 64.7 Å². The Morgan fingerprint density at radius 1 is 1.09 bits per heavy atom. The third kappa shape index (κ3) is 6.81. The lowest BCUT2D eigenvalue weighted by molar-refractivity contribution is -0.137. The minimum absolute atomic E-state index is 0.00281. The maximum atomic E-state index is 13.7. The lowest BCUT2D eigenvalue weighted by Crippen LogP contribution is -2.48. The van der Waals surface area contributed by atoms with Crippen LogP contribution in [-0.2, 0) is 15.7 Å². The van der Waals surface area contributed by atoms with Crippen LogP contribution in [-0.4, -0.2) is 54.5 Å². The molecule has 0 bridgehead atoms. The van der Waals surface area contributed by atoms with Gasteiger partial charge in [0.2, 0.25) is 11.8 Å². The number of carbonyl (C=O) groups is 2. The fraction of sp³-hybridized carbons (Fsp3) is 0.333. The number of aromatic amines is 1. The van der Waals surface area contributed by atoms with Crippen LogP contribution in [0.5, 0.6) is 11.6 Å². The number of nitrogens with one attached hydrogen (secondary N) is 2. The molecule has 1 aliphatic heterocycles. The normalized spacial score (nSPS) is 16.9. The molecule has 15 heteroatoms.